The maximum atomic E-state index is 11.4. The van der Waals surface area contributed by atoms with Gasteiger partial charge in [-0.25, -0.2) is 0 Å². The summed E-state index contributed by atoms with van der Waals surface area (Å²) in [5.74, 6) is 0. The first-order valence-corrected chi connectivity index (χ1v) is 7.80. The molecular formula is C17H23BN2O3. The van der Waals surface area contributed by atoms with Crippen molar-refractivity contribution in [3.05, 3.63) is 36.0 Å². The third-order valence-electron chi connectivity index (χ3n) is 5.12. The highest BCUT2D eigenvalue weighted by molar-refractivity contribution is 6.48. The average molecular weight is 314 g/mol. The predicted molar refractivity (Wildman–Crippen MR) is 91.2 cm³/mol. The minimum absolute atomic E-state index is 0.464. The molecule has 23 heavy (non-hydrogen) atoms. The smallest absolute Gasteiger partial charge is 0.401 e. The van der Waals surface area contributed by atoms with Gasteiger partial charge in [0.1, 0.15) is 5.56 Å². The van der Waals surface area contributed by atoms with Gasteiger partial charge >= 0.3 is 7.12 Å². The summed E-state index contributed by atoms with van der Waals surface area (Å²) < 4.78 is 14.1. The summed E-state index contributed by atoms with van der Waals surface area (Å²) in [6.07, 6.45) is 2.61. The van der Waals surface area contributed by atoms with E-state index in [2.05, 4.69) is 0 Å². The van der Waals surface area contributed by atoms with Gasteiger partial charge in [0.2, 0.25) is 0 Å². The van der Waals surface area contributed by atoms with Crippen molar-refractivity contribution in [3.63, 3.8) is 0 Å². The standard InChI is InChI=1S/C17H23BN2O3/c1-15(2)16(3,4)23-18(22-15)17(5,19)20-10-12(11-21)13-8-6-7-9-14(13)20/h6-11H,19H2,1-5H3/t17-/m0/s1. The Morgan fingerprint density at radius 1 is 1.17 bits per heavy atom. The van der Waals surface area contributed by atoms with Crippen molar-refractivity contribution in [2.24, 2.45) is 5.73 Å². The van der Waals surface area contributed by atoms with Crippen molar-refractivity contribution in [3.8, 4) is 0 Å². The van der Waals surface area contributed by atoms with Gasteiger partial charge in [0.25, 0.3) is 0 Å². The van der Waals surface area contributed by atoms with Crippen LogP contribution in [0.15, 0.2) is 30.5 Å². The van der Waals surface area contributed by atoms with Crippen molar-refractivity contribution >= 4 is 24.3 Å². The molecule has 1 atom stereocenters. The van der Waals surface area contributed by atoms with Crippen LogP contribution >= 0.6 is 0 Å². The largest absolute Gasteiger partial charge is 0.501 e. The number of nitrogens with zero attached hydrogens (tertiary/aromatic N) is 1. The fourth-order valence-corrected chi connectivity index (χ4v) is 2.89. The zero-order chi connectivity index (χ0) is 17.0. The van der Waals surface area contributed by atoms with Gasteiger partial charge in [0, 0.05) is 22.7 Å². The van der Waals surface area contributed by atoms with Gasteiger partial charge in [-0.2, -0.15) is 0 Å². The fraction of sp³-hybridized carbons (Fsp3) is 0.471. The van der Waals surface area contributed by atoms with Crippen LogP contribution in [0.5, 0.6) is 0 Å². The lowest BCUT2D eigenvalue weighted by Gasteiger charge is -2.32. The van der Waals surface area contributed by atoms with Crippen molar-refractivity contribution in [1.82, 2.24) is 4.57 Å². The number of benzene rings is 1. The molecule has 0 bridgehead atoms. The molecule has 1 aromatic heterocycles. The molecule has 0 unspecified atom stereocenters. The van der Waals surface area contributed by atoms with E-state index in [0.29, 0.717) is 5.56 Å². The maximum absolute atomic E-state index is 11.4. The summed E-state index contributed by atoms with van der Waals surface area (Å²) in [5.41, 5.74) is 6.23. The number of hydrogen-bond acceptors (Lipinski definition) is 4. The van der Waals surface area contributed by atoms with Crippen LogP contribution in [0.3, 0.4) is 0 Å². The first kappa shape index (κ1) is 16.2. The highest BCUT2D eigenvalue weighted by Gasteiger charge is 2.58. The molecule has 0 aliphatic carbocycles. The molecule has 0 spiro atoms. The molecule has 0 saturated carbocycles. The van der Waals surface area contributed by atoms with Crippen LogP contribution < -0.4 is 5.73 Å². The molecule has 2 aromatic rings. The van der Waals surface area contributed by atoms with E-state index >= 15 is 0 Å². The van der Waals surface area contributed by atoms with Gasteiger partial charge < -0.3 is 19.6 Å². The van der Waals surface area contributed by atoms with Crippen molar-refractivity contribution in [1.29, 1.82) is 0 Å². The van der Waals surface area contributed by atoms with Crippen LogP contribution in [-0.2, 0) is 14.9 Å². The Labute approximate surface area is 136 Å². The van der Waals surface area contributed by atoms with Crippen molar-refractivity contribution < 1.29 is 14.1 Å². The number of para-hydroxylation sites is 1. The molecule has 5 nitrogen and oxygen atoms in total. The van der Waals surface area contributed by atoms with E-state index in [1.165, 1.54) is 0 Å². The third kappa shape index (κ3) is 2.33. The summed E-state index contributed by atoms with van der Waals surface area (Å²) in [5, 5.41) is 0.871. The van der Waals surface area contributed by atoms with Gasteiger partial charge in [0.15, 0.2) is 6.29 Å². The number of nitrogens with two attached hydrogens (primary N) is 1. The minimum atomic E-state index is -0.952. The Kier molecular flexibility index (Phi) is 3.48. The van der Waals surface area contributed by atoms with Crippen LogP contribution in [0.25, 0.3) is 10.9 Å². The van der Waals surface area contributed by atoms with Crippen LogP contribution in [0.4, 0.5) is 0 Å². The number of fused-ring (bicyclic) bond motifs is 1. The summed E-state index contributed by atoms with van der Waals surface area (Å²) in [6.45, 7) is 9.83. The molecule has 1 aromatic carbocycles. The fourth-order valence-electron chi connectivity index (χ4n) is 2.89. The zero-order valence-corrected chi connectivity index (χ0v) is 14.3. The second kappa shape index (κ2) is 4.93. The molecule has 2 N–H and O–H groups in total. The Morgan fingerprint density at radius 3 is 2.30 bits per heavy atom. The molecule has 1 aliphatic heterocycles. The number of aldehydes is 1. The molecule has 1 saturated heterocycles. The highest BCUT2D eigenvalue weighted by Crippen LogP contribution is 2.41. The van der Waals surface area contributed by atoms with E-state index in [0.717, 1.165) is 17.2 Å². The monoisotopic (exact) mass is 314 g/mol. The van der Waals surface area contributed by atoms with E-state index in [9.17, 15) is 4.79 Å². The minimum Gasteiger partial charge on any atom is -0.401 e. The van der Waals surface area contributed by atoms with E-state index in [1.807, 2.05) is 63.5 Å². The van der Waals surface area contributed by atoms with Crippen LogP contribution in [-0.4, -0.2) is 29.2 Å². The number of aromatic nitrogens is 1. The van der Waals surface area contributed by atoms with Crippen LogP contribution in [0.2, 0.25) is 0 Å². The molecular weight excluding hydrogens is 291 g/mol. The van der Waals surface area contributed by atoms with Gasteiger partial charge in [-0.15, -0.1) is 0 Å². The molecule has 122 valence electrons. The number of carbonyl (C=O) groups is 1. The van der Waals surface area contributed by atoms with Crippen molar-refractivity contribution in [2.45, 2.75) is 51.4 Å². The summed E-state index contributed by atoms with van der Waals surface area (Å²) in [6, 6.07) is 7.69. The predicted octanol–water partition coefficient (Wildman–Crippen LogP) is 2.72. The SMILES string of the molecule is CC1(C)OB([C@@](C)(N)n2cc(C=O)c3ccccc32)OC1(C)C. The van der Waals surface area contributed by atoms with E-state index in [-0.39, 0.29) is 0 Å². The molecule has 1 aliphatic rings. The summed E-state index contributed by atoms with van der Waals surface area (Å²) in [7, 11) is -0.622. The van der Waals surface area contributed by atoms with Gasteiger partial charge in [-0.1, -0.05) is 18.2 Å². The van der Waals surface area contributed by atoms with Gasteiger partial charge in [-0.05, 0) is 40.7 Å². The van der Waals surface area contributed by atoms with E-state index in [4.69, 9.17) is 15.0 Å². The Morgan fingerprint density at radius 2 is 1.74 bits per heavy atom. The Bertz CT molecular complexity index is 748. The summed E-state index contributed by atoms with van der Waals surface area (Å²) in [4.78, 5) is 11.4. The lowest BCUT2D eigenvalue weighted by Crippen LogP contribution is -2.55. The molecule has 3 rings (SSSR count). The van der Waals surface area contributed by atoms with Crippen LogP contribution in [0.1, 0.15) is 45.0 Å². The molecule has 0 amide bonds. The second-order valence-electron chi connectivity index (χ2n) is 7.40. The highest BCUT2D eigenvalue weighted by atomic mass is 16.7. The number of carbonyl (C=O) groups excluding carboxylic acids is 1. The third-order valence-corrected chi connectivity index (χ3v) is 5.12. The van der Waals surface area contributed by atoms with E-state index < -0.39 is 23.9 Å². The molecule has 1 fully saturated rings. The molecule has 2 heterocycles. The first-order valence-electron chi connectivity index (χ1n) is 7.80. The topological polar surface area (TPSA) is 66.5 Å². The lowest BCUT2D eigenvalue weighted by atomic mass is 9.72. The number of rotatable bonds is 3. The van der Waals surface area contributed by atoms with Gasteiger partial charge in [0.05, 0.1) is 11.2 Å². The second-order valence-corrected chi connectivity index (χ2v) is 7.40. The quantitative estimate of drug-likeness (QED) is 0.699. The van der Waals surface area contributed by atoms with E-state index in [1.54, 1.807) is 6.20 Å². The van der Waals surface area contributed by atoms with Crippen molar-refractivity contribution in [2.75, 3.05) is 0 Å². The molecule has 0 radical (unpaired) electrons. The maximum Gasteiger partial charge on any atom is 0.501 e. The van der Waals surface area contributed by atoms with Gasteiger partial charge in [-0.3, -0.25) is 4.79 Å². The lowest BCUT2D eigenvalue weighted by molar-refractivity contribution is 0.00578. The Hall–Kier alpha value is -1.63. The molecule has 6 heteroatoms. The Balaban J connectivity index is 2.09. The zero-order valence-electron chi connectivity index (χ0n) is 14.3. The number of hydrogen-bond donors (Lipinski definition) is 1. The first-order chi connectivity index (χ1) is 10.6. The summed E-state index contributed by atoms with van der Waals surface area (Å²) >= 11 is 0. The normalized spacial score (nSPS) is 22.3. The average Bonchev–Trinajstić information content (AvgIpc) is 2.95. The van der Waals surface area contributed by atoms with Crippen LogP contribution in [0, 0.1) is 0 Å².